The summed E-state index contributed by atoms with van der Waals surface area (Å²) in [5.41, 5.74) is 0. The van der Waals surface area contributed by atoms with Crippen molar-refractivity contribution in [1.82, 2.24) is 5.32 Å². The highest BCUT2D eigenvalue weighted by Gasteiger charge is 2.18. The monoisotopic (exact) mass is 1290 g/mol. The zero-order chi connectivity index (χ0) is 66.3. The molecular weight excluding hydrogens is 1130 g/mol. The van der Waals surface area contributed by atoms with Crippen molar-refractivity contribution in [2.75, 3.05) is 13.2 Å². The molecule has 544 valence electrons. The minimum Gasteiger partial charge on any atom is -0.466 e. The molecule has 0 aromatic heterocycles. The van der Waals surface area contributed by atoms with Crippen molar-refractivity contribution in [3.63, 3.8) is 0 Å². The largest absolute Gasteiger partial charge is 0.466 e. The van der Waals surface area contributed by atoms with E-state index in [0.717, 1.165) is 44.9 Å². The van der Waals surface area contributed by atoms with Crippen molar-refractivity contribution in [3.8, 4) is 0 Å². The van der Waals surface area contributed by atoms with E-state index in [1.54, 1.807) is 6.08 Å². The van der Waals surface area contributed by atoms with Crippen LogP contribution in [0.1, 0.15) is 476 Å². The fourth-order valence-corrected chi connectivity index (χ4v) is 13.5. The SMILES string of the molecule is CCCCCCCCCCCCCCCCCCCCCCCC/C=C/C(O)C(CO)NC(=O)CCCCCCCCCCCCCCCCCCC/C=C\C/C=C\CCCCCCCCCCCCCCCOC(=O)CCCCCCCCCCCCCCCC. The Kier molecular flexibility index (Phi) is 79.8. The average molecular weight is 1290 g/mol. The van der Waals surface area contributed by atoms with Gasteiger partial charge in [0, 0.05) is 12.8 Å². The third-order valence-electron chi connectivity index (χ3n) is 19.9. The van der Waals surface area contributed by atoms with Gasteiger partial charge in [-0.25, -0.2) is 0 Å². The van der Waals surface area contributed by atoms with Crippen molar-refractivity contribution >= 4 is 11.9 Å². The standard InChI is InChI=1S/C86H165NO5/c1-3-5-7-9-11-13-15-17-19-20-21-22-23-39-42-45-48-51-54-58-62-66-70-74-78-84(89)83(82-88)87-85(90)79-75-71-67-63-59-55-52-49-46-43-40-37-35-33-31-29-27-25-24-26-28-30-32-34-36-38-41-44-47-50-53-57-61-65-69-73-77-81-92-86(91)80-76-72-68-64-60-56-18-16-14-12-10-8-6-4-2/h24,26,30,32,74,78,83-84,88-89H,3-23,25,27-29,31,33-73,75-77,79-82H2,1-2H3,(H,87,90)/b26-24-,32-30-,78-74+. The lowest BCUT2D eigenvalue weighted by molar-refractivity contribution is -0.143. The summed E-state index contributed by atoms with van der Waals surface area (Å²) in [5.74, 6) is -0.0382. The Morgan fingerprint density at radius 1 is 0.304 bits per heavy atom. The molecule has 2 unspecified atom stereocenters. The highest BCUT2D eigenvalue weighted by atomic mass is 16.5. The number of amides is 1. The highest BCUT2D eigenvalue weighted by molar-refractivity contribution is 5.76. The van der Waals surface area contributed by atoms with Crippen molar-refractivity contribution in [2.45, 2.75) is 488 Å². The summed E-state index contributed by atoms with van der Waals surface area (Å²) in [6.07, 6.45) is 107. The summed E-state index contributed by atoms with van der Waals surface area (Å²) in [7, 11) is 0. The first kappa shape index (κ1) is 90.1. The summed E-state index contributed by atoms with van der Waals surface area (Å²) in [5, 5.41) is 23.3. The van der Waals surface area contributed by atoms with Crippen molar-refractivity contribution < 1.29 is 24.5 Å². The molecule has 6 nitrogen and oxygen atoms in total. The molecule has 3 N–H and O–H groups in total. The molecular formula is C86H165NO5. The van der Waals surface area contributed by atoms with E-state index in [9.17, 15) is 19.8 Å². The lowest BCUT2D eigenvalue weighted by atomic mass is 10.0. The summed E-state index contributed by atoms with van der Waals surface area (Å²) in [6.45, 7) is 4.96. The van der Waals surface area contributed by atoms with Crippen LogP contribution in [0, 0.1) is 0 Å². The minimum absolute atomic E-state index is 0.0217. The Morgan fingerprint density at radius 3 is 0.826 bits per heavy atom. The van der Waals surface area contributed by atoms with Gasteiger partial charge in [-0.05, 0) is 64.2 Å². The van der Waals surface area contributed by atoms with E-state index in [0.29, 0.717) is 19.4 Å². The van der Waals surface area contributed by atoms with Gasteiger partial charge in [-0.1, -0.05) is 436 Å². The maximum atomic E-state index is 12.6. The van der Waals surface area contributed by atoms with Crippen LogP contribution in [0.15, 0.2) is 36.5 Å². The summed E-state index contributed by atoms with van der Waals surface area (Å²) in [4.78, 5) is 24.6. The molecule has 0 heterocycles. The van der Waals surface area contributed by atoms with Crippen LogP contribution >= 0.6 is 0 Å². The number of hydrogen-bond acceptors (Lipinski definition) is 5. The molecule has 0 aromatic rings. The quantitative estimate of drug-likeness (QED) is 0.0320. The van der Waals surface area contributed by atoms with Crippen molar-refractivity contribution in [1.29, 1.82) is 0 Å². The van der Waals surface area contributed by atoms with Crippen LogP contribution in [0.5, 0.6) is 0 Å². The second-order valence-electron chi connectivity index (χ2n) is 29.2. The highest BCUT2D eigenvalue weighted by Crippen LogP contribution is 2.20. The maximum Gasteiger partial charge on any atom is 0.305 e. The summed E-state index contributed by atoms with van der Waals surface area (Å²) >= 11 is 0. The van der Waals surface area contributed by atoms with Crippen LogP contribution in [-0.2, 0) is 14.3 Å². The summed E-state index contributed by atoms with van der Waals surface area (Å²) in [6, 6.07) is -0.628. The zero-order valence-corrected chi connectivity index (χ0v) is 62.6. The number of aliphatic hydroxyl groups is 2. The average Bonchev–Trinajstić information content (AvgIpc) is 3.54. The number of carbonyl (C=O) groups excluding carboxylic acids is 2. The molecule has 0 aliphatic heterocycles. The molecule has 0 aliphatic rings. The predicted octanol–water partition coefficient (Wildman–Crippen LogP) is 28.2. The molecule has 0 saturated heterocycles. The second kappa shape index (κ2) is 81.5. The van der Waals surface area contributed by atoms with Gasteiger partial charge in [-0.15, -0.1) is 0 Å². The smallest absolute Gasteiger partial charge is 0.305 e. The number of hydrogen-bond donors (Lipinski definition) is 3. The first-order chi connectivity index (χ1) is 45.5. The van der Waals surface area contributed by atoms with Gasteiger partial charge in [-0.2, -0.15) is 0 Å². The number of esters is 1. The number of allylic oxidation sites excluding steroid dienone is 5. The first-order valence-electron chi connectivity index (χ1n) is 42.3. The van der Waals surface area contributed by atoms with Crippen LogP contribution in [0.25, 0.3) is 0 Å². The van der Waals surface area contributed by atoms with Gasteiger partial charge < -0.3 is 20.3 Å². The van der Waals surface area contributed by atoms with Crippen LogP contribution in [0.2, 0.25) is 0 Å². The molecule has 2 atom stereocenters. The number of carbonyl (C=O) groups is 2. The van der Waals surface area contributed by atoms with E-state index in [-0.39, 0.29) is 18.5 Å². The lowest BCUT2D eigenvalue weighted by Crippen LogP contribution is -2.45. The summed E-state index contributed by atoms with van der Waals surface area (Å²) < 4.78 is 5.50. The van der Waals surface area contributed by atoms with Crippen LogP contribution in [-0.4, -0.2) is 47.4 Å². The number of ether oxygens (including phenoxy) is 1. The second-order valence-corrected chi connectivity index (χ2v) is 29.2. The van der Waals surface area contributed by atoms with E-state index in [1.807, 2.05) is 6.08 Å². The molecule has 0 radical (unpaired) electrons. The maximum absolute atomic E-state index is 12.6. The van der Waals surface area contributed by atoms with E-state index in [4.69, 9.17) is 4.74 Å². The van der Waals surface area contributed by atoms with E-state index in [1.165, 1.54) is 405 Å². The topological polar surface area (TPSA) is 95.9 Å². The Hall–Kier alpha value is -1.92. The van der Waals surface area contributed by atoms with Gasteiger partial charge in [0.05, 0.1) is 25.4 Å². The fraction of sp³-hybridized carbons (Fsp3) is 0.907. The molecule has 0 fully saturated rings. The van der Waals surface area contributed by atoms with E-state index < -0.39 is 12.1 Å². The van der Waals surface area contributed by atoms with Crippen molar-refractivity contribution in [2.24, 2.45) is 0 Å². The normalized spacial score (nSPS) is 12.6. The van der Waals surface area contributed by atoms with Gasteiger partial charge in [-0.3, -0.25) is 9.59 Å². The Bertz CT molecular complexity index is 1490. The molecule has 0 rings (SSSR count). The molecule has 0 saturated carbocycles. The number of nitrogens with one attached hydrogen (secondary N) is 1. The van der Waals surface area contributed by atoms with Gasteiger partial charge in [0.25, 0.3) is 0 Å². The third kappa shape index (κ3) is 77.1. The zero-order valence-electron chi connectivity index (χ0n) is 62.6. The van der Waals surface area contributed by atoms with Gasteiger partial charge in [0.15, 0.2) is 0 Å². The molecule has 0 aromatic carbocycles. The Balaban J connectivity index is 3.38. The molecule has 0 spiro atoms. The molecule has 0 bridgehead atoms. The van der Waals surface area contributed by atoms with Crippen molar-refractivity contribution in [3.05, 3.63) is 36.5 Å². The Labute approximate surface area is 576 Å². The number of rotatable bonds is 80. The minimum atomic E-state index is -0.844. The molecule has 6 heteroatoms. The molecule has 0 aliphatic carbocycles. The third-order valence-corrected chi connectivity index (χ3v) is 19.9. The fourth-order valence-electron chi connectivity index (χ4n) is 13.5. The molecule has 92 heavy (non-hydrogen) atoms. The molecule has 1 amide bonds. The van der Waals surface area contributed by atoms with E-state index in [2.05, 4.69) is 43.5 Å². The first-order valence-corrected chi connectivity index (χ1v) is 42.3. The number of unbranched alkanes of at least 4 members (excludes halogenated alkanes) is 65. The van der Waals surface area contributed by atoms with Crippen LogP contribution < -0.4 is 5.32 Å². The van der Waals surface area contributed by atoms with Crippen LogP contribution in [0.4, 0.5) is 0 Å². The van der Waals surface area contributed by atoms with E-state index >= 15 is 0 Å². The lowest BCUT2D eigenvalue weighted by Gasteiger charge is -2.20. The number of aliphatic hydroxyl groups excluding tert-OH is 2. The van der Waals surface area contributed by atoms with Gasteiger partial charge >= 0.3 is 5.97 Å². The van der Waals surface area contributed by atoms with Gasteiger partial charge in [0.1, 0.15) is 0 Å². The van der Waals surface area contributed by atoms with Gasteiger partial charge in [0.2, 0.25) is 5.91 Å². The van der Waals surface area contributed by atoms with Crippen LogP contribution in [0.3, 0.4) is 0 Å². The predicted molar refractivity (Wildman–Crippen MR) is 407 cm³/mol. The Morgan fingerprint density at radius 2 is 0.543 bits per heavy atom.